The van der Waals surface area contributed by atoms with E-state index in [0.717, 1.165) is 36.8 Å². The number of hydrogen-bond acceptors (Lipinski definition) is 1. The number of benzene rings is 1. The maximum Gasteiger partial charge on any atom is 0.0702 e. The van der Waals surface area contributed by atoms with Gasteiger partial charge in [0, 0.05) is 11.8 Å². The number of aromatic nitrogens is 1. The summed E-state index contributed by atoms with van der Waals surface area (Å²) in [6, 6.07) is 13.5. The van der Waals surface area contributed by atoms with Crippen molar-refractivity contribution in [2.24, 2.45) is 11.8 Å². The van der Waals surface area contributed by atoms with Gasteiger partial charge in [-0.15, -0.1) is 0 Å². The first-order valence-electron chi connectivity index (χ1n) is 15.0. The monoisotopic (exact) mass is 473 g/mol. The number of unbranched alkanes of at least 4 members (excludes halogenated alkanes) is 7. The van der Waals surface area contributed by atoms with Gasteiger partial charge in [-0.2, -0.15) is 0 Å². The third-order valence-corrected chi connectivity index (χ3v) is 8.01. The van der Waals surface area contributed by atoms with Crippen LogP contribution in [0.3, 0.4) is 0 Å². The van der Waals surface area contributed by atoms with E-state index < -0.39 is 0 Å². The van der Waals surface area contributed by atoms with Gasteiger partial charge in [-0.05, 0) is 80.4 Å². The number of rotatable bonds is 16. The summed E-state index contributed by atoms with van der Waals surface area (Å²) >= 11 is 0. The number of aryl methyl sites for hydroxylation is 2. The van der Waals surface area contributed by atoms with Crippen LogP contribution < -0.4 is 0 Å². The molecule has 1 heterocycles. The highest BCUT2D eigenvalue weighted by Crippen LogP contribution is 2.32. The standard InChI is InChI=1S/C34H51N/c1-3-5-7-8-9-11-17-32-24-27-34(35-28-32)33-25-22-31(23-26-33)16-13-12-15-30-20-18-29(19-21-30)14-10-6-4-2/h12,15,22-30H,3-11,13-14,16-21H2,1-2H3/t29-,30-. The molecule has 1 fully saturated rings. The van der Waals surface area contributed by atoms with Crippen LogP contribution in [0.5, 0.6) is 0 Å². The van der Waals surface area contributed by atoms with Crippen LogP contribution in [-0.2, 0) is 12.8 Å². The third kappa shape index (κ3) is 10.7. The van der Waals surface area contributed by atoms with E-state index in [0.29, 0.717) is 0 Å². The van der Waals surface area contributed by atoms with Crippen molar-refractivity contribution in [3.63, 3.8) is 0 Å². The second kappa shape index (κ2) is 16.7. The molecular weight excluding hydrogens is 422 g/mol. The highest BCUT2D eigenvalue weighted by molar-refractivity contribution is 5.59. The van der Waals surface area contributed by atoms with Crippen LogP contribution in [0.2, 0.25) is 0 Å². The van der Waals surface area contributed by atoms with Crippen molar-refractivity contribution in [3.05, 3.63) is 65.9 Å². The summed E-state index contributed by atoms with van der Waals surface area (Å²) in [7, 11) is 0. The first kappa shape index (κ1) is 27.7. The van der Waals surface area contributed by atoms with Crippen molar-refractivity contribution in [1.29, 1.82) is 0 Å². The molecule has 35 heavy (non-hydrogen) atoms. The molecule has 1 heteroatoms. The summed E-state index contributed by atoms with van der Waals surface area (Å²) in [5.74, 6) is 1.84. The largest absolute Gasteiger partial charge is 0.256 e. The summed E-state index contributed by atoms with van der Waals surface area (Å²) in [5.41, 5.74) is 5.12. The zero-order valence-corrected chi connectivity index (χ0v) is 22.8. The van der Waals surface area contributed by atoms with Gasteiger partial charge in [0.05, 0.1) is 5.69 Å². The van der Waals surface area contributed by atoms with Crippen LogP contribution >= 0.6 is 0 Å². The summed E-state index contributed by atoms with van der Waals surface area (Å²) < 4.78 is 0. The number of allylic oxidation sites excluding steroid dienone is 2. The van der Waals surface area contributed by atoms with E-state index in [4.69, 9.17) is 4.98 Å². The Balaban J connectivity index is 1.33. The Morgan fingerprint density at radius 2 is 1.40 bits per heavy atom. The minimum atomic E-state index is 0.829. The van der Waals surface area contributed by atoms with Crippen molar-refractivity contribution < 1.29 is 0 Å². The van der Waals surface area contributed by atoms with Crippen molar-refractivity contribution in [2.75, 3.05) is 0 Å². The van der Waals surface area contributed by atoms with Crippen LogP contribution in [0.15, 0.2) is 54.7 Å². The lowest BCUT2D eigenvalue weighted by Crippen LogP contribution is -2.13. The van der Waals surface area contributed by atoms with Gasteiger partial charge >= 0.3 is 0 Å². The van der Waals surface area contributed by atoms with E-state index in [1.807, 2.05) is 0 Å². The first-order chi connectivity index (χ1) is 17.3. The SMILES string of the molecule is CCCCCCCCc1ccc(-c2ccc(CCC=C[C@H]3CC[C@H](CCCCC)CC3)cc2)nc1. The Hall–Kier alpha value is -1.89. The minimum Gasteiger partial charge on any atom is -0.256 e. The lowest BCUT2D eigenvalue weighted by atomic mass is 9.79. The molecule has 1 saturated carbocycles. The van der Waals surface area contributed by atoms with Gasteiger partial charge < -0.3 is 0 Å². The Labute approximate surface area is 216 Å². The van der Waals surface area contributed by atoms with Crippen molar-refractivity contribution >= 4 is 0 Å². The molecule has 0 unspecified atom stereocenters. The molecule has 0 bridgehead atoms. The molecule has 1 aliphatic rings. The summed E-state index contributed by atoms with van der Waals surface area (Å²) in [6.07, 6.45) is 30.0. The Kier molecular flexibility index (Phi) is 13.2. The summed E-state index contributed by atoms with van der Waals surface area (Å²) in [6.45, 7) is 4.59. The van der Waals surface area contributed by atoms with E-state index in [1.165, 1.54) is 107 Å². The number of nitrogens with zero attached hydrogens (tertiary/aromatic N) is 1. The van der Waals surface area contributed by atoms with Crippen LogP contribution in [0.25, 0.3) is 11.3 Å². The fourth-order valence-electron chi connectivity index (χ4n) is 5.59. The van der Waals surface area contributed by atoms with Crippen LogP contribution in [0.1, 0.15) is 121 Å². The molecule has 0 spiro atoms. The molecule has 192 valence electrons. The molecule has 0 amide bonds. The van der Waals surface area contributed by atoms with E-state index in [-0.39, 0.29) is 0 Å². The van der Waals surface area contributed by atoms with Gasteiger partial charge in [-0.25, -0.2) is 0 Å². The zero-order valence-electron chi connectivity index (χ0n) is 22.8. The minimum absolute atomic E-state index is 0.829. The van der Waals surface area contributed by atoms with E-state index in [2.05, 4.69) is 68.6 Å². The molecule has 0 radical (unpaired) electrons. The number of pyridine rings is 1. The van der Waals surface area contributed by atoms with Gasteiger partial charge in [0.25, 0.3) is 0 Å². The van der Waals surface area contributed by atoms with Crippen molar-refractivity contribution in [3.8, 4) is 11.3 Å². The first-order valence-corrected chi connectivity index (χ1v) is 15.0. The second-order valence-corrected chi connectivity index (χ2v) is 11.0. The molecule has 0 saturated heterocycles. The predicted molar refractivity (Wildman–Crippen MR) is 154 cm³/mol. The van der Waals surface area contributed by atoms with Crippen LogP contribution in [0, 0.1) is 11.8 Å². The maximum absolute atomic E-state index is 4.75. The van der Waals surface area contributed by atoms with E-state index in [9.17, 15) is 0 Å². The van der Waals surface area contributed by atoms with Gasteiger partial charge in [0.15, 0.2) is 0 Å². The molecule has 1 aliphatic carbocycles. The molecule has 0 aliphatic heterocycles. The molecule has 1 nitrogen and oxygen atoms in total. The third-order valence-electron chi connectivity index (χ3n) is 8.01. The average Bonchev–Trinajstić information content (AvgIpc) is 2.90. The lowest BCUT2D eigenvalue weighted by Gasteiger charge is -2.26. The highest BCUT2D eigenvalue weighted by atomic mass is 14.7. The van der Waals surface area contributed by atoms with Crippen LogP contribution in [0.4, 0.5) is 0 Å². The molecule has 3 rings (SSSR count). The predicted octanol–water partition coefficient (Wildman–Crippen LogP) is 10.5. The maximum atomic E-state index is 4.75. The van der Waals surface area contributed by atoms with E-state index in [1.54, 1.807) is 0 Å². The molecule has 1 aromatic heterocycles. The summed E-state index contributed by atoms with van der Waals surface area (Å²) in [5, 5.41) is 0. The second-order valence-electron chi connectivity index (χ2n) is 11.0. The fraction of sp³-hybridized carbons (Fsp3) is 0.618. The van der Waals surface area contributed by atoms with Gasteiger partial charge in [0.2, 0.25) is 0 Å². The average molecular weight is 474 g/mol. The van der Waals surface area contributed by atoms with Crippen LogP contribution in [-0.4, -0.2) is 4.98 Å². The van der Waals surface area contributed by atoms with Gasteiger partial charge in [0.1, 0.15) is 0 Å². The molecule has 1 aromatic carbocycles. The van der Waals surface area contributed by atoms with Crippen molar-refractivity contribution in [1.82, 2.24) is 4.98 Å². The van der Waals surface area contributed by atoms with Gasteiger partial charge in [-0.1, -0.05) is 114 Å². The highest BCUT2D eigenvalue weighted by Gasteiger charge is 2.18. The van der Waals surface area contributed by atoms with Gasteiger partial charge in [-0.3, -0.25) is 4.98 Å². The summed E-state index contributed by atoms with van der Waals surface area (Å²) in [4.78, 5) is 4.75. The molecule has 0 N–H and O–H groups in total. The number of hydrogen-bond donors (Lipinski definition) is 0. The zero-order chi connectivity index (χ0) is 24.6. The molecular formula is C34H51N. The van der Waals surface area contributed by atoms with Crippen molar-refractivity contribution in [2.45, 2.75) is 123 Å². The topological polar surface area (TPSA) is 12.9 Å². The normalized spacial score (nSPS) is 18.3. The Bertz CT molecular complexity index is 809. The molecule has 0 atom stereocenters. The Morgan fingerprint density at radius 1 is 0.714 bits per heavy atom. The lowest BCUT2D eigenvalue weighted by molar-refractivity contribution is 0.289. The quantitative estimate of drug-likeness (QED) is 0.174. The Morgan fingerprint density at radius 3 is 2.11 bits per heavy atom. The molecule has 2 aromatic rings. The smallest absolute Gasteiger partial charge is 0.0702 e. The fourth-order valence-corrected chi connectivity index (χ4v) is 5.59. The van der Waals surface area contributed by atoms with E-state index >= 15 is 0 Å².